The summed E-state index contributed by atoms with van der Waals surface area (Å²) in [5, 5.41) is 1.69. The van der Waals surface area contributed by atoms with Crippen molar-refractivity contribution in [1.82, 2.24) is 0 Å². The first-order chi connectivity index (χ1) is 6.86. The molecule has 0 heterocycles. The van der Waals surface area contributed by atoms with Gasteiger partial charge in [-0.05, 0) is 0 Å². The molecule has 5 heteroatoms. The van der Waals surface area contributed by atoms with Crippen LogP contribution in [0.1, 0.15) is 0 Å². The van der Waals surface area contributed by atoms with Crippen LogP contribution >= 0.6 is 16.9 Å². The van der Waals surface area contributed by atoms with Crippen molar-refractivity contribution in [3.8, 4) is 0 Å². The maximum Gasteiger partial charge on any atom is 2.00 e. The molecule has 2 aromatic carbocycles. The van der Waals surface area contributed by atoms with Crippen molar-refractivity contribution in [2.45, 2.75) is 0 Å². The Morgan fingerprint density at radius 2 is 0.933 bits per heavy atom. The predicted octanol–water partition coefficient (Wildman–Crippen LogP) is 2.64. The zero-order valence-electron chi connectivity index (χ0n) is 7.68. The second kappa shape index (κ2) is 8.71. The van der Waals surface area contributed by atoms with Crippen molar-refractivity contribution in [3.63, 3.8) is 0 Å². The van der Waals surface area contributed by atoms with Crippen molar-refractivity contribution in [2.75, 3.05) is 0 Å². The van der Waals surface area contributed by atoms with Gasteiger partial charge in [0.25, 0.3) is 0 Å². The Labute approximate surface area is 102 Å². The van der Waals surface area contributed by atoms with E-state index in [-0.39, 0.29) is 34.0 Å². The summed E-state index contributed by atoms with van der Waals surface area (Å²) in [6.07, 6.45) is 0. The first-order valence-corrected chi connectivity index (χ1v) is 5.59. The van der Waals surface area contributed by atoms with E-state index in [0.29, 0.717) is 0 Å². The fraction of sp³-hybridized carbons (Fsp3) is 0. The molecule has 2 rings (SSSR count). The summed E-state index contributed by atoms with van der Waals surface area (Å²) in [6, 6.07) is 14.7. The number of rotatable bonds is 2. The van der Waals surface area contributed by atoms with Crippen LogP contribution in [0.25, 0.3) is 0 Å². The molecule has 0 bridgehead atoms. The molecule has 0 radical (unpaired) electrons. The van der Waals surface area contributed by atoms with Gasteiger partial charge in [0.2, 0.25) is 0 Å². The third-order valence-corrected chi connectivity index (χ3v) is 2.52. The maximum atomic E-state index is 9.96. The molecule has 0 unspecified atom stereocenters. The Bertz CT molecular complexity index is 330. The largest absolute Gasteiger partial charge is 2.00 e. The van der Waals surface area contributed by atoms with E-state index in [1.165, 1.54) is 0 Å². The molecular formula is C10H8FeO2P2. The molecule has 2 aromatic rings. The molecule has 0 fully saturated rings. The molecule has 0 N–H and O–H groups in total. The topological polar surface area (TPSA) is 34.1 Å². The van der Waals surface area contributed by atoms with E-state index in [1.807, 2.05) is 48.5 Å². The zero-order chi connectivity index (χ0) is 10.2. The second-order valence-electron chi connectivity index (χ2n) is 2.47. The Hall–Kier alpha value is -0.581. The van der Waals surface area contributed by atoms with Gasteiger partial charge in [0.15, 0.2) is 0 Å². The SMILES string of the molecule is O=P[c-]1cccc1.O=P[c-]1cccc1.[Fe+2]. The summed E-state index contributed by atoms with van der Waals surface area (Å²) in [6.45, 7) is 0. The third-order valence-electron chi connectivity index (χ3n) is 1.50. The molecule has 78 valence electrons. The van der Waals surface area contributed by atoms with Crippen LogP contribution in [0.3, 0.4) is 0 Å². The molecule has 0 saturated heterocycles. The molecule has 0 spiro atoms. The molecular weight excluding hydrogens is 270 g/mol. The Kier molecular flexibility index (Phi) is 8.37. The van der Waals surface area contributed by atoms with Crippen molar-refractivity contribution in [2.24, 2.45) is 0 Å². The van der Waals surface area contributed by atoms with Gasteiger partial charge in [-0.15, -0.1) is 0 Å². The summed E-state index contributed by atoms with van der Waals surface area (Å²) in [4.78, 5) is 0. The molecule has 0 aromatic heterocycles. The summed E-state index contributed by atoms with van der Waals surface area (Å²) in [5.74, 6) is 0. The van der Waals surface area contributed by atoms with Gasteiger partial charge < -0.3 is 0 Å². The van der Waals surface area contributed by atoms with E-state index in [9.17, 15) is 9.13 Å². The Morgan fingerprint density at radius 1 is 0.667 bits per heavy atom. The maximum absolute atomic E-state index is 9.96. The van der Waals surface area contributed by atoms with Crippen LogP contribution in [0.15, 0.2) is 48.5 Å². The Balaban J connectivity index is 0.000000245. The first-order valence-electron chi connectivity index (χ1n) is 3.97. The van der Waals surface area contributed by atoms with Crippen LogP contribution < -0.4 is 10.6 Å². The normalized spacial score (nSPS) is 9.07. The number of hydrogen-bond donors (Lipinski definition) is 0. The predicted molar refractivity (Wildman–Crippen MR) is 58.6 cm³/mol. The minimum absolute atomic E-state index is 0. The molecule has 0 aliphatic rings. The molecule has 0 saturated carbocycles. The molecule has 0 amide bonds. The van der Waals surface area contributed by atoms with Gasteiger partial charge in [0.05, 0.1) is 0 Å². The van der Waals surface area contributed by atoms with E-state index in [4.69, 9.17) is 0 Å². The van der Waals surface area contributed by atoms with E-state index in [0.717, 1.165) is 10.6 Å². The summed E-state index contributed by atoms with van der Waals surface area (Å²) in [5.41, 5.74) is 0. The van der Waals surface area contributed by atoms with Crippen LogP contribution in [-0.4, -0.2) is 0 Å². The van der Waals surface area contributed by atoms with Crippen molar-refractivity contribution < 1.29 is 26.2 Å². The minimum atomic E-state index is 0. The molecule has 0 aliphatic carbocycles. The standard InChI is InChI=1S/2C5H4OP.Fe/c2*6-7-5-3-1-2-4-5;/h2*1-4H;/q2*-1;+2. The van der Waals surface area contributed by atoms with Crippen LogP contribution in [0.2, 0.25) is 0 Å². The van der Waals surface area contributed by atoms with Gasteiger partial charge in [-0.1, -0.05) is 10.6 Å². The minimum Gasteiger partial charge on any atom is -0.284 e. The molecule has 0 atom stereocenters. The van der Waals surface area contributed by atoms with Crippen molar-refractivity contribution in [1.29, 1.82) is 0 Å². The van der Waals surface area contributed by atoms with E-state index < -0.39 is 0 Å². The van der Waals surface area contributed by atoms with Crippen molar-refractivity contribution in [3.05, 3.63) is 48.5 Å². The quantitative estimate of drug-likeness (QED) is 0.480. The van der Waals surface area contributed by atoms with E-state index in [1.54, 1.807) is 0 Å². The van der Waals surface area contributed by atoms with Crippen molar-refractivity contribution >= 4 is 27.5 Å². The van der Waals surface area contributed by atoms with E-state index >= 15 is 0 Å². The third kappa shape index (κ3) is 5.77. The second-order valence-corrected chi connectivity index (χ2v) is 3.87. The first kappa shape index (κ1) is 14.4. The average Bonchev–Trinajstić information content (AvgIpc) is 2.92. The number of hydrogen-bond acceptors (Lipinski definition) is 2. The molecule has 2 nitrogen and oxygen atoms in total. The molecule has 0 aliphatic heterocycles. The monoisotopic (exact) mass is 278 g/mol. The summed E-state index contributed by atoms with van der Waals surface area (Å²) in [7, 11) is 0.230. The van der Waals surface area contributed by atoms with Crippen LogP contribution in [-0.2, 0) is 26.2 Å². The summed E-state index contributed by atoms with van der Waals surface area (Å²) < 4.78 is 19.9. The zero-order valence-corrected chi connectivity index (χ0v) is 10.6. The van der Waals surface area contributed by atoms with Gasteiger partial charge in [0.1, 0.15) is 16.9 Å². The van der Waals surface area contributed by atoms with Gasteiger partial charge in [-0.3, -0.25) is 9.13 Å². The summed E-state index contributed by atoms with van der Waals surface area (Å²) >= 11 is 0. The van der Waals surface area contributed by atoms with Crippen LogP contribution in [0.4, 0.5) is 0 Å². The van der Waals surface area contributed by atoms with E-state index in [2.05, 4.69) is 0 Å². The fourth-order valence-electron chi connectivity index (χ4n) is 0.849. The Morgan fingerprint density at radius 3 is 1.07 bits per heavy atom. The molecule has 15 heavy (non-hydrogen) atoms. The smallest absolute Gasteiger partial charge is 0.284 e. The average molecular weight is 278 g/mol. The fourth-order valence-corrected chi connectivity index (χ4v) is 1.44. The van der Waals surface area contributed by atoms with Gasteiger partial charge in [-0.2, -0.15) is 24.3 Å². The van der Waals surface area contributed by atoms with Crippen LogP contribution in [0.5, 0.6) is 0 Å². The van der Waals surface area contributed by atoms with Gasteiger partial charge in [0, 0.05) is 0 Å². The van der Waals surface area contributed by atoms with Crippen LogP contribution in [0, 0.1) is 0 Å². The van der Waals surface area contributed by atoms with Gasteiger partial charge in [-0.25, -0.2) is 24.3 Å². The van der Waals surface area contributed by atoms with Gasteiger partial charge >= 0.3 is 17.1 Å².